The van der Waals surface area contributed by atoms with Crippen molar-refractivity contribution in [3.63, 3.8) is 0 Å². The molecule has 0 aliphatic carbocycles. The highest BCUT2D eigenvalue weighted by atomic mass is 19.1. The standard InChI is InChI=1S/C29H41FN4O2/c1-22(2)20-32-13-7-15-33(27(35)18-29(3,4)5)21-24-17-25(30)10-11-26(24)34(16-8-14-32)28(36)23-9-6-12-31-19-23/h6,9-12,17,19,22H,7-8,13-16,18,20-21H2,1-5H3. The monoisotopic (exact) mass is 496 g/mol. The maximum Gasteiger partial charge on any atom is 0.259 e. The second-order valence-corrected chi connectivity index (χ2v) is 11.4. The minimum Gasteiger partial charge on any atom is -0.338 e. The minimum absolute atomic E-state index is 0.0512. The van der Waals surface area contributed by atoms with E-state index in [1.807, 2.05) is 25.7 Å². The molecular weight excluding hydrogens is 455 g/mol. The lowest BCUT2D eigenvalue weighted by Gasteiger charge is -2.33. The Bertz CT molecular complexity index is 1020. The van der Waals surface area contributed by atoms with Gasteiger partial charge in [0.25, 0.3) is 5.91 Å². The molecule has 0 N–H and O–H groups in total. The number of anilines is 1. The van der Waals surface area contributed by atoms with Crippen molar-refractivity contribution in [2.45, 2.75) is 60.4 Å². The van der Waals surface area contributed by atoms with Crippen molar-refractivity contribution in [3.8, 4) is 0 Å². The fourth-order valence-corrected chi connectivity index (χ4v) is 4.73. The smallest absolute Gasteiger partial charge is 0.259 e. The van der Waals surface area contributed by atoms with Crippen molar-refractivity contribution < 1.29 is 14.0 Å². The van der Waals surface area contributed by atoms with Crippen LogP contribution in [0, 0.1) is 17.2 Å². The van der Waals surface area contributed by atoms with E-state index in [4.69, 9.17) is 0 Å². The number of rotatable bonds is 4. The second-order valence-electron chi connectivity index (χ2n) is 11.4. The summed E-state index contributed by atoms with van der Waals surface area (Å²) >= 11 is 0. The molecule has 0 bridgehead atoms. The molecule has 2 amide bonds. The van der Waals surface area contributed by atoms with Crippen LogP contribution in [0.15, 0.2) is 42.7 Å². The first-order valence-electron chi connectivity index (χ1n) is 13.0. The quantitative estimate of drug-likeness (QED) is 0.570. The number of carbonyl (C=O) groups is 2. The van der Waals surface area contributed by atoms with Gasteiger partial charge < -0.3 is 14.7 Å². The van der Waals surface area contributed by atoms with Gasteiger partial charge in [0.15, 0.2) is 0 Å². The molecule has 0 radical (unpaired) electrons. The number of halogens is 1. The number of amides is 2. The van der Waals surface area contributed by atoms with Crippen molar-refractivity contribution in [3.05, 3.63) is 59.7 Å². The summed E-state index contributed by atoms with van der Waals surface area (Å²) < 4.78 is 14.5. The average Bonchev–Trinajstić information content (AvgIpc) is 2.79. The minimum atomic E-state index is -0.374. The van der Waals surface area contributed by atoms with Gasteiger partial charge in [-0.3, -0.25) is 14.6 Å². The van der Waals surface area contributed by atoms with Crippen molar-refractivity contribution in [2.24, 2.45) is 11.3 Å². The van der Waals surface area contributed by atoms with Crippen LogP contribution < -0.4 is 4.90 Å². The topological polar surface area (TPSA) is 56.8 Å². The summed E-state index contributed by atoms with van der Waals surface area (Å²) in [6.45, 7) is 14.6. The van der Waals surface area contributed by atoms with Gasteiger partial charge in [0.2, 0.25) is 5.91 Å². The van der Waals surface area contributed by atoms with Crippen LogP contribution in [0.3, 0.4) is 0 Å². The van der Waals surface area contributed by atoms with Crippen LogP contribution in [0.25, 0.3) is 0 Å². The Morgan fingerprint density at radius 1 is 1.06 bits per heavy atom. The van der Waals surface area contributed by atoms with Crippen molar-refractivity contribution in [2.75, 3.05) is 37.6 Å². The summed E-state index contributed by atoms with van der Waals surface area (Å²) in [4.78, 5) is 37.1. The summed E-state index contributed by atoms with van der Waals surface area (Å²) in [5.41, 5.74) is 1.63. The summed E-state index contributed by atoms with van der Waals surface area (Å²) in [5.74, 6) is 0.0284. The molecule has 7 heteroatoms. The number of fused-ring (bicyclic) bond motifs is 1. The van der Waals surface area contributed by atoms with E-state index in [2.05, 4.69) is 23.7 Å². The Kier molecular flexibility index (Phi) is 9.60. The Hall–Kier alpha value is -2.80. The maximum atomic E-state index is 14.5. The van der Waals surface area contributed by atoms with Crippen LogP contribution in [-0.2, 0) is 11.3 Å². The Morgan fingerprint density at radius 3 is 2.42 bits per heavy atom. The lowest BCUT2D eigenvalue weighted by Crippen LogP contribution is -2.40. The van der Waals surface area contributed by atoms with Gasteiger partial charge in [-0.25, -0.2) is 4.39 Å². The highest BCUT2D eigenvalue weighted by molar-refractivity contribution is 6.06. The fraction of sp³-hybridized carbons (Fsp3) is 0.552. The normalized spacial score (nSPS) is 16.3. The number of benzene rings is 1. The highest BCUT2D eigenvalue weighted by Crippen LogP contribution is 2.28. The van der Waals surface area contributed by atoms with Gasteiger partial charge in [0.05, 0.1) is 5.56 Å². The molecule has 2 heterocycles. The largest absolute Gasteiger partial charge is 0.338 e. The van der Waals surface area contributed by atoms with Crippen LogP contribution in [0.1, 0.15) is 69.8 Å². The van der Waals surface area contributed by atoms with Crippen LogP contribution in [0.4, 0.5) is 10.1 Å². The van der Waals surface area contributed by atoms with E-state index in [1.165, 1.54) is 12.1 Å². The zero-order chi connectivity index (χ0) is 26.3. The van der Waals surface area contributed by atoms with Crippen LogP contribution >= 0.6 is 0 Å². The zero-order valence-corrected chi connectivity index (χ0v) is 22.5. The van der Waals surface area contributed by atoms with Crippen molar-refractivity contribution in [1.82, 2.24) is 14.8 Å². The first kappa shape index (κ1) is 27.8. The molecule has 0 saturated heterocycles. The lowest BCUT2D eigenvalue weighted by molar-refractivity contribution is -0.133. The molecule has 0 unspecified atom stereocenters. The van der Waals surface area contributed by atoms with E-state index >= 15 is 0 Å². The third kappa shape index (κ3) is 8.12. The average molecular weight is 497 g/mol. The Balaban J connectivity index is 2.01. The van der Waals surface area contributed by atoms with Crippen LogP contribution in [0.2, 0.25) is 0 Å². The van der Waals surface area contributed by atoms with E-state index in [9.17, 15) is 14.0 Å². The van der Waals surface area contributed by atoms with Gasteiger partial charge in [-0.2, -0.15) is 0 Å². The molecule has 0 atom stereocenters. The first-order valence-corrected chi connectivity index (χ1v) is 13.0. The summed E-state index contributed by atoms with van der Waals surface area (Å²) in [7, 11) is 0. The Morgan fingerprint density at radius 2 is 1.78 bits per heavy atom. The van der Waals surface area contributed by atoms with E-state index in [-0.39, 0.29) is 29.6 Å². The van der Waals surface area contributed by atoms with Crippen molar-refractivity contribution in [1.29, 1.82) is 0 Å². The SMILES string of the molecule is CC(C)CN1CCCN(C(=O)CC(C)(C)C)Cc2cc(F)ccc2N(C(=O)c2cccnc2)CCC1. The molecule has 1 aromatic carbocycles. The molecule has 0 spiro atoms. The molecule has 6 nitrogen and oxygen atoms in total. The number of pyridine rings is 1. The zero-order valence-electron chi connectivity index (χ0n) is 22.5. The maximum absolute atomic E-state index is 14.5. The third-order valence-electron chi connectivity index (χ3n) is 6.26. The van der Waals surface area contributed by atoms with E-state index in [0.29, 0.717) is 42.2 Å². The molecule has 1 aliphatic rings. The molecule has 1 aromatic heterocycles. The summed E-state index contributed by atoms with van der Waals surface area (Å²) in [6.07, 6.45) is 5.25. The molecule has 1 aliphatic heterocycles. The molecule has 36 heavy (non-hydrogen) atoms. The number of aromatic nitrogens is 1. The number of hydrogen-bond donors (Lipinski definition) is 0. The van der Waals surface area contributed by atoms with Gasteiger partial charge in [0.1, 0.15) is 5.82 Å². The Labute approximate surface area is 215 Å². The van der Waals surface area contributed by atoms with E-state index in [0.717, 1.165) is 32.5 Å². The lowest BCUT2D eigenvalue weighted by atomic mass is 9.91. The van der Waals surface area contributed by atoms with E-state index < -0.39 is 0 Å². The number of nitrogens with zero attached hydrogens (tertiary/aromatic N) is 4. The fourth-order valence-electron chi connectivity index (χ4n) is 4.73. The highest BCUT2D eigenvalue weighted by Gasteiger charge is 2.26. The molecule has 196 valence electrons. The summed E-state index contributed by atoms with van der Waals surface area (Å²) in [5, 5.41) is 0. The number of hydrogen-bond acceptors (Lipinski definition) is 4. The predicted molar refractivity (Wildman–Crippen MR) is 142 cm³/mol. The van der Waals surface area contributed by atoms with Crippen LogP contribution in [0.5, 0.6) is 0 Å². The van der Waals surface area contributed by atoms with Gasteiger partial charge in [-0.15, -0.1) is 0 Å². The van der Waals surface area contributed by atoms with Crippen molar-refractivity contribution >= 4 is 17.5 Å². The van der Waals surface area contributed by atoms with Gasteiger partial charge in [-0.1, -0.05) is 34.6 Å². The first-order chi connectivity index (χ1) is 17.0. The number of carbonyl (C=O) groups excluding carboxylic acids is 2. The van der Waals surface area contributed by atoms with Gasteiger partial charge in [-0.05, 0) is 73.2 Å². The van der Waals surface area contributed by atoms with E-state index in [1.54, 1.807) is 35.5 Å². The molecule has 2 aromatic rings. The van der Waals surface area contributed by atoms with Gasteiger partial charge in [0, 0.05) is 50.7 Å². The molecule has 0 fully saturated rings. The van der Waals surface area contributed by atoms with Crippen LogP contribution in [-0.4, -0.2) is 59.3 Å². The van der Waals surface area contributed by atoms with Gasteiger partial charge >= 0.3 is 0 Å². The summed E-state index contributed by atoms with van der Waals surface area (Å²) in [6, 6.07) is 8.02. The predicted octanol–water partition coefficient (Wildman–Crippen LogP) is 5.38. The molecule has 3 rings (SSSR count). The molecule has 0 saturated carbocycles. The second kappa shape index (κ2) is 12.4. The third-order valence-corrected chi connectivity index (χ3v) is 6.26. The molecular formula is C29H41FN4O2.